The van der Waals surface area contributed by atoms with E-state index in [-0.39, 0.29) is 18.3 Å². The number of carbonyl (C=O) groups is 1. The number of amides is 1. The largest absolute Gasteiger partial charge is 0.351 e. The predicted molar refractivity (Wildman–Crippen MR) is 76.9 cm³/mol. The van der Waals surface area contributed by atoms with Crippen molar-refractivity contribution in [3.63, 3.8) is 0 Å². The molecule has 0 aliphatic heterocycles. The minimum Gasteiger partial charge on any atom is -0.351 e. The Hall–Kier alpha value is -1.70. The van der Waals surface area contributed by atoms with Gasteiger partial charge in [0.1, 0.15) is 6.33 Å². The third-order valence-corrected chi connectivity index (χ3v) is 2.74. The minimum atomic E-state index is -0.560. The molecule has 1 aromatic carbocycles. The maximum atomic E-state index is 11.5. The summed E-state index contributed by atoms with van der Waals surface area (Å²) in [5, 5.41) is 14.3. The zero-order valence-electron chi connectivity index (χ0n) is 10.7. The molecule has 9 heteroatoms. The van der Waals surface area contributed by atoms with E-state index in [1.165, 1.54) is 11.0 Å². The molecule has 1 heterocycles. The van der Waals surface area contributed by atoms with Crippen molar-refractivity contribution in [2.75, 3.05) is 0 Å². The maximum absolute atomic E-state index is 11.5. The third kappa shape index (κ3) is 3.89. The highest BCUT2D eigenvalue weighted by atomic mass is 35.5. The Morgan fingerprint density at radius 2 is 2.30 bits per heavy atom. The van der Waals surface area contributed by atoms with Crippen molar-refractivity contribution in [2.24, 2.45) is 5.73 Å². The second-order valence-corrected chi connectivity index (χ2v) is 4.47. The number of halogens is 2. The van der Waals surface area contributed by atoms with Gasteiger partial charge in [-0.3, -0.25) is 4.79 Å². The van der Waals surface area contributed by atoms with Crippen molar-refractivity contribution < 1.29 is 4.79 Å². The lowest BCUT2D eigenvalue weighted by Gasteiger charge is -2.11. The van der Waals surface area contributed by atoms with Crippen LogP contribution in [0.5, 0.6) is 0 Å². The Kier molecular flexibility index (Phi) is 5.87. The predicted octanol–water partition coefficient (Wildman–Crippen LogP) is 0.701. The van der Waals surface area contributed by atoms with Crippen LogP contribution in [0.3, 0.4) is 0 Å². The fourth-order valence-corrected chi connectivity index (χ4v) is 1.73. The first-order valence-corrected chi connectivity index (χ1v) is 6.01. The molecule has 1 aromatic heterocycles. The molecule has 20 heavy (non-hydrogen) atoms. The van der Waals surface area contributed by atoms with Gasteiger partial charge in [0, 0.05) is 11.6 Å². The molecule has 0 bridgehead atoms. The van der Waals surface area contributed by atoms with Crippen LogP contribution in [0.15, 0.2) is 24.5 Å². The molecule has 1 amide bonds. The van der Waals surface area contributed by atoms with Crippen molar-refractivity contribution in [1.29, 1.82) is 0 Å². The number of rotatable bonds is 4. The zero-order valence-corrected chi connectivity index (χ0v) is 12.2. The van der Waals surface area contributed by atoms with Gasteiger partial charge in [0.25, 0.3) is 0 Å². The van der Waals surface area contributed by atoms with E-state index in [0.29, 0.717) is 11.6 Å². The first-order valence-electron chi connectivity index (χ1n) is 5.63. The molecule has 7 nitrogen and oxygen atoms in total. The van der Waals surface area contributed by atoms with Crippen LogP contribution in [0.2, 0.25) is 5.02 Å². The Balaban J connectivity index is 0.00000200. The lowest BCUT2D eigenvalue weighted by Crippen LogP contribution is -2.38. The van der Waals surface area contributed by atoms with Crippen LogP contribution in [-0.2, 0) is 11.3 Å². The summed E-state index contributed by atoms with van der Waals surface area (Å²) < 4.78 is 1.50. The molecule has 0 fully saturated rings. The average Bonchev–Trinajstić information content (AvgIpc) is 2.89. The number of aromatic nitrogens is 4. The van der Waals surface area contributed by atoms with Gasteiger partial charge in [0.15, 0.2) is 0 Å². The average molecular weight is 317 g/mol. The van der Waals surface area contributed by atoms with E-state index in [0.717, 1.165) is 11.3 Å². The van der Waals surface area contributed by atoms with Crippen molar-refractivity contribution in [3.8, 4) is 5.69 Å². The van der Waals surface area contributed by atoms with Gasteiger partial charge in [0.2, 0.25) is 5.91 Å². The Morgan fingerprint density at radius 3 is 2.90 bits per heavy atom. The number of nitrogens with two attached hydrogens (primary N) is 1. The summed E-state index contributed by atoms with van der Waals surface area (Å²) in [6, 6.07) is 4.71. The van der Waals surface area contributed by atoms with Crippen LogP contribution in [0.25, 0.3) is 5.69 Å². The molecular formula is C11H14Cl2N6O. The fraction of sp³-hybridized carbons (Fsp3) is 0.273. The Bertz CT molecular complexity index is 572. The van der Waals surface area contributed by atoms with Crippen LogP contribution in [0.4, 0.5) is 0 Å². The SMILES string of the molecule is CC(N)C(=O)NCc1cc(Cl)ccc1-n1cnnn1.Cl. The molecule has 2 aromatic rings. The summed E-state index contributed by atoms with van der Waals surface area (Å²) in [5.41, 5.74) is 7.04. The van der Waals surface area contributed by atoms with Crippen LogP contribution >= 0.6 is 24.0 Å². The molecule has 3 N–H and O–H groups in total. The van der Waals surface area contributed by atoms with Crippen molar-refractivity contribution in [2.45, 2.75) is 19.5 Å². The highest BCUT2D eigenvalue weighted by Crippen LogP contribution is 2.18. The van der Waals surface area contributed by atoms with E-state index in [9.17, 15) is 4.79 Å². The van der Waals surface area contributed by atoms with Crippen LogP contribution < -0.4 is 11.1 Å². The smallest absolute Gasteiger partial charge is 0.236 e. The molecule has 1 unspecified atom stereocenters. The van der Waals surface area contributed by atoms with Crippen molar-refractivity contribution in [1.82, 2.24) is 25.5 Å². The molecule has 0 spiro atoms. The van der Waals surface area contributed by atoms with E-state index in [1.807, 2.05) is 0 Å². The number of carbonyl (C=O) groups excluding carboxylic acids is 1. The summed E-state index contributed by atoms with van der Waals surface area (Å²) in [6.07, 6.45) is 1.47. The Labute approximate surface area is 126 Å². The normalized spacial score (nSPS) is 11.6. The molecule has 2 rings (SSSR count). The summed E-state index contributed by atoms with van der Waals surface area (Å²) in [7, 11) is 0. The topological polar surface area (TPSA) is 98.7 Å². The lowest BCUT2D eigenvalue weighted by molar-refractivity contribution is -0.122. The molecule has 1 atom stereocenters. The van der Waals surface area contributed by atoms with Gasteiger partial charge in [0.05, 0.1) is 11.7 Å². The summed E-state index contributed by atoms with van der Waals surface area (Å²) in [4.78, 5) is 11.5. The fourth-order valence-electron chi connectivity index (χ4n) is 1.53. The summed E-state index contributed by atoms with van der Waals surface area (Å²) in [6.45, 7) is 1.92. The lowest BCUT2D eigenvalue weighted by atomic mass is 10.1. The number of hydrogen-bond donors (Lipinski definition) is 2. The highest BCUT2D eigenvalue weighted by molar-refractivity contribution is 6.30. The second kappa shape index (κ2) is 7.18. The molecule has 0 radical (unpaired) electrons. The Morgan fingerprint density at radius 1 is 1.55 bits per heavy atom. The standard InChI is InChI=1S/C11H13ClN6O.ClH/c1-7(13)11(19)14-5-8-4-9(12)2-3-10(8)18-6-15-16-17-18;/h2-4,6-7H,5,13H2,1H3,(H,14,19);1H. The highest BCUT2D eigenvalue weighted by Gasteiger charge is 2.10. The van der Waals surface area contributed by atoms with Gasteiger partial charge in [-0.15, -0.1) is 17.5 Å². The van der Waals surface area contributed by atoms with Gasteiger partial charge >= 0.3 is 0 Å². The molecule has 108 valence electrons. The summed E-state index contributed by atoms with van der Waals surface area (Å²) >= 11 is 5.96. The number of tetrazole rings is 1. The number of nitrogens with zero attached hydrogens (tertiary/aromatic N) is 4. The van der Waals surface area contributed by atoms with E-state index in [4.69, 9.17) is 17.3 Å². The molecular weight excluding hydrogens is 303 g/mol. The number of benzene rings is 1. The van der Waals surface area contributed by atoms with E-state index >= 15 is 0 Å². The van der Waals surface area contributed by atoms with Crippen LogP contribution in [0, 0.1) is 0 Å². The van der Waals surface area contributed by atoms with Gasteiger partial charge in [-0.25, -0.2) is 4.68 Å². The number of hydrogen-bond acceptors (Lipinski definition) is 5. The van der Waals surface area contributed by atoms with E-state index < -0.39 is 6.04 Å². The first-order chi connectivity index (χ1) is 9.08. The molecule has 0 saturated heterocycles. The number of nitrogens with one attached hydrogen (secondary N) is 1. The molecule has 0 aliphatic rings. The van der Waals surface area contributed by atoms with Crippen molar-refractivity contribution >= 4 is 29.9 Å². The monoisotopic (exact) mass is 316 g/mol. The van der Waals surface area contributed by atoms with Crippen LogP contribution in [0.1, 0.15) is 12.5 Å². The molecule has 0 saturated carbocycles. The van der Waals surface area contributed by atoms with E-state index in [2.05, 4.69) is 20.8 Å². The maximum Gasteiger partial charge on any atom is 0.236 e. The quantitative estimate of drug-likeness (QED) is 0.865. The zero-order chi connectivity index (χ0) is 13.8. The van der Waals surface area contributed by atoms with Gasteiger partial charge in [-0.2, -0.15) is 0 Å². The van der Waals surface area contributed by atoms with E-state index in [1.54, 1.807) is 25.1 Å². The van der Waals surface area contributed by atoms with Crippen molar-refractivity contribution in [3.05, 3.63) is 35.1 Å². The minimum absolute atomic E-state index is 0. The summed E-state index contributed by atoms with van der Waals surface area (Å²) in [5.74, 6) is -0.234. The van der Waals surface area contributed by atoms with Gasteiger partial charge in [-0.1, -0.05) is 11.6 Å². The second-order valence-electron chi connectivity index (χ2n) is 4.03. The van der Waals surface area contributed by atoms with Crippen LogP contribution in [-0.4, -0.2) is 32.2 Å². The van der Waals surface area contributed by atoms with Gasteiger partial charge in [-0.05, 0) is 41.1 Å². The first kappa shape index (κ1) is 16.4. The molecule has 0 aliphatic carbocycles. The third-order valence-electron chi connectivity index (χ3n) is 2.50. The van der Waals surface area contributed by atoms with Gasteiger partial charge < -0.3 is 11.1 Å².